The molecule has 0 heterocycles. The molecule has 0 amide bonds. The van der Waals surface area contributed by atoms with Crippen LogP contribution in [0, 0.1) is 0 Å². The lowest BCUT2D eigenvalue weighted by atomic mass is 9.78. The van der Waals surface area contributed by atoms with Gasteiger partial charge in [0.25, 0.3) is 0 Å². The van der Waals surface area contributed by atoms with Crippen LogP contribution >= 0.6 is 0 Å². The van der Waals surface area contributed by atoms with E-state index in [4.69, 9.17) is 0 Å². The minimum atomic E-state index is -0.0168. The van der Waals surface area contributed by atoms with Crippen molar-refractivity contribution in [3.05, 3.63) is 107 Å². The van der Waals surface area contributed by atoms with Crippen LogP contribution in [0.15, 0.2) is 84.9 Å². The molecule has 194 valence electrons. The first-order valence-corrected chi connectivity index (χ1v) is 14.4. The fraction of sp³-hybridized carbons (Fsp3) is 0.282. The third-order valence-corrected chi connectivity index (χ3v) is 9.28. The molecule has 0 radical (unpaired) electrons. The van der Waals surface area contributed by atoms with Crippen LogP contribution < -0.4 is 0 Å². The maximum absolute atomic E-state index is 2.48. The molecule has 1 aliphatic carbocycles. The zero-order valence-corrected chi connectivity index (χ0v) is 24.6. The van der Waals surface area contributed by atoms with Gasteiger partial charge < -0.3 is 0 Å². The Labute approximate surface area is 233 Å². The Kier molecular flexibility index (Phi) is 4.83. The second-order valence-electron chi connectivity index (χ2n) is 14.3. The van der Waals surface area contributed by atoms with E-state index in [1.165, 1.54) is 76.8 Å². The van der Waals surface area contributed by atoms with Crippen LogP contribution in [0.3, 0.4) is 0 Å². The van der Waals surface area contributed by atoms with E-state index in [9.17, 15) is 0 Å². The highest BCUT2D eigenvalue weighted by Gasteiger charge is 2.35. The topological polar surface area (TPSA) is 0 Å². The van der Waals surface area contributed by atoms with Gasteiger partial charge in [-0.15, -0.1) is 0 Å². The molecule has 0 saturated heterocycles. The van der Waals surface area contributed by atoms with Crippen molar-refractivity contribution >= 4 is 32.3 Å². The first-order valence-electron chi connectivity index (χ1n) is 14.4. The standard InChI is InChI=1S/C39H38/c1-37(2,3)27-17-24-13-14-25-18-28(38(4,5)6)22-32-31(20-26(19-27)35(24)36(25)32)23-15-16-30-29-11-9-10-12-33(29)39(7,8)34(30)21-23/h9-22H,1-8H3. The zero-order chi connectivity index (χ0) is 27.5. The molecule has 1 aliphatic rings. The summed E-state index contributed by atoms with van der Waals surface area (Å²) >= 11 is 0. The molecule has 6 aromatic carbocycles. The third kappa shape index (κ3) is 3.50. The van der Waals surface area contributed by atoms with Crippen molar-refractivity contribution in [2.24, 2.45) is 0 Å². The summed E-state index contributed by atoms with van der Waals surface area (Å²) in [5.41, 5.74) is 11.2. The van der Waals surface area contributed by atoms with Crippen LogP contribution in [-0.2, 0) is 16.2 Å². The molecule has 0 bridgehead atoms. The maximum atomic E-state index is 2.48. The molecule has 7 rings (SSSR count). The summed E-state index contributed by atoms with van der Waals surface area (Å²) in [4.78, 5) is 0. The van der Waals surface area contributed by atoms with Gasteiger partial charge in [-0.05, 0) is 106 Å². The van der Waals surface area contributed by atoms with Gasteiger partial charge in [-0.2, -0.15) is 0 Å². The molecule has 0 N–H and O–H groups in total. The summed E-state index contributed by atoms with van der Waals surface area (Å²) in [6.45, 7) is 18.7. The van der Waals surface area contributed by atoms with Gasteiger partial charge in [0.1, 0.15) is 0 Å². The molecule has 0 aromatic heterocycles. The van der Waals surface area contributed by atoms with E-state index in [2.05, 4.69) is 140 Å². The van der Waals surface area contributed by atoms with Gasteiger partial charge in [0, 0.05) is 5.41 Å². The number of fused-ring (bicyclic) bond motifs is 3. The van der Waals surface area contributed by atoms with Crippen LogP contribution in [0.5, 0.6) is 0 Å². The van der Waals surface area contributed by atoms with Gasteiger partial charge in [0.2, 0.25) is 0 Å². The molecule has 0 nitrogen and oxygen atoms in total. The fourth-order valence-electron chi connectivity index (χ4n) is 6.90. The van der Waals surface area contributed by atoms with Crippen LogP contribution in [0.4, 0.5) is 0 Å². The Balaban J connectivity index is 1.59. The summed E-state index contributed by atoms with van der Waals surface area (Å²) in [7, 11) is 0. The lowest BCUT2D eigenvalue weighted by Gasteiger charge is -2.25. The molecule has 0 atom stereocenters. The summed E-state index contributed by atoms with van der Waals surface area (Å²) < 4.78 is 0. The van der Waals surface area contributed by atoms with Gasteiger partial charge in [-0.25, -0.2) is 0 Å². The Morgan fingerprint density at radius 2 is 1.08 bits per heavy atom. The average Bonchev–Trinajstić information content (AvgIpc) is 3.12. The second-order valence-corrected chi connectivity index (χ2v) is 14.3. The zero-order valence-electron chi connectivity index (χ0n) is 24.6. The van der Waals surface area contributed by atoms with Gasteiger partial charge in [-0.1, -0.05) is 122 Å². The fourth-order valence-corrected chi connectivity index (χ4v) is 6.90. The molecule has 0 aliphatic heterocycles. The summed E-state index contributed by atoms with van der Waals surface area (Å²) in [6, 6.07) is 33.0. The van der Waals surface area contributed by atoms with Gasteiger partial charge in [0.15, 0.2) is 0 Å². The highest BCUT2D eigenvalue weighted by molar-refractivity contribution is 6.26. The summed E-state index contributed by atoms with van der Waals surface area (Å²) in [5, 5.41) is 8.19. The number of hydrogen-bond donors (Lipinski definition) is 0. The summed E-state index contributed by atoms with van der Waals surface area (Å²) in [6.07, 6.45) is 0. The van der Waals surface area contributed by atoms with Gasteiger partial charge in [0.05, 0.1) is 0 Å². The highest BCUT2D eigenvalue weighted by Crippen LogP contribution is 2.51. The maximum Gasteiger partial charge on any atom is 0.0159 e. The van der Waals surface area contributed by atoms with E-state index in [1.54, 1.807) is 0 Å². The van der Waals surface area contributed by atoms with E-state index in [-0.39, 0.29) is 16.2 Å². The lowest BCUT2D eigenvalue weighted by Crippen LogP contribution is -2.15. The average molecular weight is 507 g/mol. The van der Waals surface area contributed by atoms with Crippen molar-refractivity contribution in [2.75, 3.05) is 0 Å². The van der Waals surface area contributed by atoms with E-state index in [0.29, 0.717) is 0 Å². The Morgan fingerprint density at radius 1 is 0.487 bits per heavy atom. The Hall–Kier alpha value is -3.64. The first kappa shape index (κ1) is 24.4. The number of benzene rings is 6. The highest BCUT2D eigenvalue weighted by atomic mass is 14.4. The normalized spacial score (nSPS) is 14.9. The molecule has 0 spiro atoms. The Morgan fingerprint density at radius 3 is 1.77 bits per heavy atom. The number of rotatable bonds is 1. The quantitative estimate of drug-likeness (QED) is 0.195. The minimum absolute atomic E-state index is 0.0168. The van der Waals surface area contributed by atoms with Crippen molar-refractivity contribution in [1.82, 2.24) is 0 Å². The molecule has 0 fully saturated rings. The van der Waals surface area contributed by atoms with Crippen LogP contribution in [0.25, 0.3) is 54.6 Å². The molecular formula is C39H38. The SMILES string of the molecule is CC(C)(C)c1cc2ccc3cc(C(C)(C)C)cc4c(-c5ccc6c(c5)C(C)(C)c5ccccc5-6)cc(c1)c2c34. The van der Waals surface area contributed by atoms with Crippen molar-refractivity contribution in [2.45, 2.75) is 71.6 Å². The molecule has 0 unspecified atom stereocenters. The van der Waals surface area contributed by atoms with Gasteiger partial charge >= 0.3 is 0 Å². The Bertz CT molecular complexity index is 1930. The second kappa shape index (κ2) is 7.72. The van der Waals surface area contributed by atoms with Crippen LogP contribution in [0.1, 0.15) is 77.6 Å². The third-order valence-electron chi connectivity index (χ3n) is 9.28. The van der Waals surface area contributed by atoms with Crippen molar-refractivity contribution in [3.63, 3.8) is 0 Å². The monoisotopic (exact) mass is 506 g/mol. The van der Waals surface area contributed by atoms with Crippen LogP contribution in [0.2, 0.25) is 0 Å². The number of hydrogen-bond acceptors (Lipinski definition) is 0. The first-order chi connectivity index (χ1) is 18.3. The molecule has 6 aromatic rings. The van der Waals surface area contributed by atoms with Gasteiger partial charge in [-0.3, -0.25) is 0 Å². The predicted molar refractivity (Wildman–Crippen MR) is 171 cm³/mol. The smallest absolute Gasteiger partial charge is 0.0159 e. The van der Waals surface area contributed by atoms with Crippen molar-refractivity contribution in [1.29, 1.82) is 0 Å². The van der Waals surface area contributed by atoms with E-state index in [0.717, 1.165) is 0 Å². The summed E-state index contributed by atoms with van der Waals surface area (Å²) in [5.74, 6) is 0. The molecule has 0 saturated carbocycles. The predicted octanol–water partition coefficient (Wildman–Crippen LogP) is 11.2. The van der Waals surface area contributed by atoms with Crippen molar-refractivity contribution in [3.8, 4) is 22.3 Å². The molecule has 39 heavy (non-hydrogen) atoms. The minimum Gasteiger partial charge on any atom is -0.0619 e. The van der Waals surface area contributed by atoms with Crippen LogP contribution in [-0.4, -0.2) is 0 Å². The van der Waals surface area contributed by atoms with E-state index < -0.39 is 0 Å². The van der Waals surface area contributed by atoms with E-state index in [1.807, 2.05) is 0 Å². The lowest BCUT2D eigenvalue weighted by molar-refractivity contribution is 0.591. The van der Waals surface area contributed by atoms with Crippen molar-refractivity contribution < 1.29 is 0 Å². The largest absolute Gasteiger partial charge is 0.0619 e. The van der Waals surface area contributed by atoms with E-state index >= 15 is 0 Å². The molecular weight excluding hydrogens is 468 g/mol. The molecule has 0 heteroatoms.